The molecule has 1 fully saturated rings. The molecule has 3 aromatic rings. The van der Waals surface area contributed by atoms with E-state index in [9.17, 15) is 14.0 Å². The van der Waals surface area contributed by atoms with Crippen molar-refractivity contribution in [2.75, 3.05) is 18.4 Å². The van der Waals surface area contributed by atoms with Crippen LogP contribution in [0.1, 0.15) is 16.9 Å². The van der Waals surface area contributed by atoms with Gasteiger partial charge in [-0.1, -0.05) is 6.08 Å². The molecule has 2 amide bonds. The van der Waals surface area contributed by atoms with Crippen LogP contribution in [0, 0.1) is 5.82 Å². The Kier molecular flexibility index (Phi) is 6.58. The Morgan fingerprint density at radius 3 is 2.73 bits per heavy atom. The lowest BCUT2D eigenvalue weighted by Gasteiger charge is -2.18. The van der Waals surface area contributed by atoms with Gasteiger partial charge in [0.2, 0.25) is 0 Å². The topological polar surface area (TPSA) is 93.7 Å². The first-order valence-electron chi connectivity index (χ1n) is 10.2. The number of hydrogen-bond acceptors (Lipinski definition) is 6. The van der Waals surface area contributed by atoms with E-state index in [1.165, 1.54) is 42.9 Å². The van der Waals surface area contributed by atoms with Crippen LogP contribution in [0.2, 0.25) is 0 Å². The molecule has 1 N–H and O–H groups in total. The lowest BCUT2D eigenvalue weighted by molar-refractivity contribution is -0.132. The minimum atomic E-state index is -0.708. The molecule has 9 heteroatoms. The van der Waals surface area contributed by atoms with Gasteiger partial charge in [0.15, 0.2) is 6.10 Å². The molecule has 1 saturated heterocycles. The average molecular weight is 448 g/mol. The number of nitrogens with one attached hydrogen (secondary N) is 1. The van der Waals surface area contributed by atoms with Gasteiger partial charge in [-0.2, -0.15) is 0 Å². The third-order valence-corrected chi connectivity index (χ3v) is 4.93. The van der Waals surface area contributed by atoms with E-state index in [0.29, 0.717) is 36.7 Å². The molecule has 1 aliphatic rings. The van der Waals surface area contributed by atoms with E-state index in [1.54, 1.807) is 29.2 Å². The summed E-state index contributed by atoms with van der Waals surface area (Å²) in [6.07, 6.45) is 4.18. The van der Waals surface area contributed by atoms with Crippen LogP contribution in [0.4, 0.5) is 10.1 Å². The van der Waals surface area contributed by atoms with E-state index < -0.39 is 12.0 Å². The molecule has 2 aromatic carbocycles. The highest BCUT2D eigenvalue weighted by molar-refractivity contribution is 6.03. The summed E-state index contributed by atoms with van der Waals surface area (Å²) in [6, 6.07) is 11.9. The normalized spacial score (nSPS) is 15.2. The number of anilines is 1. The van der Waals surface area contributed by atoms with Gasteiger partial charge < -0.3 is 19.7 Å². The molecule has 0 unspecified atom stereocenters. The zero-order chi connectivity index (χ0) is 23.2. The van der Waals surface area contributed by atoms with Gasteiger partial charge in [0.05, 0.1) is 5.69 Å². The second-order valence-corrected chi connectivity index (χ2v) is 7.23. The SMILES string of the molecule is C=CCN1CC[C@H](Oc2cc(Oc3ccc(F)cc3)ccc2NC(=O)c2ccncn2)C1=O. The van der Waals surface area contributed by atoms with Crippen molar-refractivity contribution in [3.63, 3.8) is 0 Å². The summed E-state index contributed by atoms with van der Waals surface area (Å²) in [5.41, 5.74) is 0.525. The van der Waals surface area contributed by atoms with Crippen LogP contribution in [-0.2, 0) is 4.79 Å². The number of amides is 2. The fourth-order valence-corrected chi connectivity index (χ4v) is 3.33. The Hall–Kier alpha value is -4.27. The standard InChI is InChI=1S/C24H21FN4O4/c1-2-12-29-13-10-21(24(29)31)33-22-14-18(32-17-5-3-16(25)4-6-17)7-8-19(22)28-23(30)20-9-11-26-15-27-20/h2-9,11,14-15,21H,1,10,12-13H2,(H,28,30)/t21-/m0/s1. The summed E-state index contributed by atoms with van der Waals surface area (Å²) in [5.74, 6) is 0.0846. The largest absolute Gasteiger partial charge is 0.478 e. The summed E-state index contributed by atoms with van der Waals surface area (Å²) in [4.78, 5) is 34.6. The average Bonchev–Trinajstić information content (AvgIpc) is 3.17. The van der Waals surface area contributed by atoms with Gasteiger partial charge in [0, 0.05) is 31.8 Å². The summed E-state index contributed by atoms with van der Waals surface area (Å²) in [5, 5.41) is 2.75. The van der Waals surface area contributed by atoms with Crippen molar-refractivity contribution in [1.29, 1.82) is 0 Å². The van der Waals surface area contributed by atoms with Crippen molar-refractivity contribution in [2.24, 2.45) is 0 Å². The second kappa shape index (κ2) is 9.90. The molecule has 2 heterocycles. The molecule has 168 valence electrons. The first-order valence-corrected chi connectivity index (χ1v) is 10.2. The highest BCUT2D eigenvalue weighted by atomic mass is 19.1. The van der Waals surface area contributed by atoms with Crippen LogP contribution >= 0.6 is 0 Å². The second-order valence-electron chi connectivity index (χ2n) is 7.23. The minimum absolute atomic E-state index is 0.159. The van der Waals surface area contributed by atoms with Gasteiger partial charge in [-0.3, -0.25) is 9.59 Å². The van der Waals surface area contributed by atoms with Crippen molar-refractivity contribution >= 4 is 17.5 Å². The first-order chi connectivity index (χ1) is 16.0. The molecule has 8 nitrogen and oxygen atoms in total. The van der Waals surface area contributed by atoms with E-state index in [0.717, 1.165) is 0 Å². The van der Waals surface area contributed by atoms with Crippen molar-refractivity contribution in [3.8, 4) is 17.2 Å². The van der Waals surface area contributed by atoms with E-state index >= 15 is 0 Å². The van der Waals surface area contributed by atoms with Gasteiger partial charge >= 0.3 is 0 Å². The van der Waals surface area contributed by atoms with E-state index in [2.05, 4.69) is 21.9 Å². The Labute approximate surface area is 189 Å². The molecule has 0 radical (unpaired) electrons. The number of ether oxygens (including phenoxy) is 2. The van der Waals surface area contributed by atoms with E-state index in [1.807, 2.05) is 0 Å². The minimum Gasteiger partial charge on any atom is -0.478 e. The third-order valence-electron chi connectivity index (χ3n) is 4.93. The molecule has 0 aliphatic carbocycles. The number of likely N-dealkylation sites (tertiary alicyclic amines) is 1. The van der Waals surface area contributed by atoms with E-state index in [-0.39, 0.29) is 23.2 Å². The predicted molar refractivity (Wildman–Crippen MR) is 119 cm³/mol. The Bertz CT molecular complexity index is 1150. The third kappa shape index (κ3) is 5.32. The fraction of sp³-hybridized carbons (Fsp3) is 0.167. The van der Waals surface area contributed by atoms with Crippen LogP contribution in [0.3, 0.4) is 0 Å². The zero-order valence-electron chi connectivity index (χ0n) is 17.6. The number of aromatic nitrogens is 2. The number of rotatable bonds is 8. The summed E-state index contributed by atoms with van der Waals surface area (Å²) >= 11 is 0. The number of carbonyl (C=O) groups excluding carboxylic acids is 2. The molecular weight excluding hydrogens is 427 g/mol. The van der Waals surface area contributed by atoms with Gasteiger partial charge in [0.25, 0.3) is 11.8 Å². The smallest absolute Gasteiger partial charge is 0.274 e. The molecule has 1 atom stereocenters. The number of halogens is 1. The highest BCUT2D eigenvalue weighted by Gasteiger charge is 2.33. The van der Waals surface area contributed by atoms with Gasteiger partial charge in [-0.15, -0.1) is 6.58 Å². The Balaban J connectivity index is 1.59. The van der Waals surface area contributed by atoms with Crippen LogP contribution in [0.5, 0.6) is 17.2 Å². The summed E-state index contributed by atoms with van der Waals surface area (Å²) in [6.45, 7) is 4.65. The van der Waals surface area contributed by atoms with Crippen LogP contribution < -0.4 is 14.8 Å². The maximum atomic E-state index is 13.2. The predicted octanol–water partition coefficient (Wildman–Crippen LogP) is 3.83. The van der Waals surface area contributed by atoms with Crippen molar-refractivity contribution in [3.05, 3.63) is 85.2 Å². The maximum Gasteiger partial charge on any atom is 0.274 e. The summed E-state index contributed by atoms with van der Waals surface area (Å²) in [7, 11) is 0. The highest BCUT2D eigenvalue weighted by Crippen LogP contribution is 2.34. The quantitative estimate of drug-likeness (QED) is 0.527. The van der Waals surface area contributed by atoms with Gasteiger partial charge in [-0.05, 0) is 42.5 Å². The number of benzene rings is 2. The maximum absolute atomic E-state index is 13.2. The summed E-state index contributed by atoms with van der Waals surface area (Å²) < 4.78 is 25.0. The van der Waals surface area contributed by atoms with Gasteiger partial charge in [0.1, 0.15) is 35.1 Å². The molecule has 1 aliphatic heterocycles. The zero-order valence-corrected chi connectivity index (χ0v) is 17.6. The van der Waals surface area contributed by atoms with Crippen LogP contribution in [-0.4, -0.2) is 45.9 Å². The number of carbonyl (C=O) groups is 2. The van der Waals surface area contributed by atoms with Crippen LogP contribution in [0.15, 0.2) is 73.7 Å². The molecular formula is C24H21FN4O4. The molecule has 4 rings (SSSR count). The fourth-order valence-electron chi connectivity index (χ4n) is 3.33. The molecule has 0 spiro atoms. The molecule has 0 bridgehead atoms. The van der Waals surface area contributed by atoms with Crippen molar-refractivity contribution in [1.82, 2.24) is 14.9 Å². The molecule has 33 heavy (non-hydrogen) atoms. The number of hydrogen-bond donors (Lipinski definition) is 1. The van der Waals surface area contributed by atoms with Crippen LogP contribution in [0.25, 0.3) is 0 Å². The van der Waals surface area contributed by atoms with Gasteiger partial charge in [-0.25, -0.2) is 14.4 Å². The lowest BCUT2D eigenvalue weighted by Crippen LogP contribution is -2.32. The lowest BCUT2D eigenvalue weighted by atomic mass is 10.2. The monoisotopic (exact) mass is 448 g/mol. The van der Waals surface area contributed by atoms with Crippen molar-refractivity contribution in [2.45, 2.75) is 12.5 Å². The van der Waals surface area contributed by atoms with Crippen molar-refractivity contribution < 1.29 is 23.5 Å². The Morgan fingerprint density at radius 1 is 1.21 bits per heavy atom. The Morgan fingerprint density at radius 2 is 2.00 bits per heavy atom. The van der Waals surface area contributed by atoms with E-state index in [4.69, 9.17) is 9.47 Å². The number of nitrogens with zero attached hydrogens (tertiary/aromatic N) is 3. The molecule has 0 saturated carbocycles. The first kappa shape index (κ1) is 21.9. The molecule has 1 aromatic heterocycles.